The third kappa shape index (κ3) is 4.03. The molecule has 1 heterocycles. The van der Waals surface area contributed by atoms with Gasteiger partial charge in [0.05, 0.1) is 12.5 Å². The van der Waals surface area contributed by atoms with Crippen molar-refractivity contribution in [2.45, 2.75) is 12.8 Å². The normalized spacial score (nSPS) is 11.6. The minimum absolute atomic E-state index is 0.124. The molecule has 0 radical (unpaired) electrons. The van der Waals surface area contributed by atoms with Gasteiger partial charge in [-0.1, -0.05) is 0 Å². The Labute approximate surface area is 93.3 Å². The summed E-state index contributed by atoms with van der Waals surface area (Å²) in [6.45, 7) is 0.262. The lowest BCUT2D eigenvalue weighted by molar-refractivity contribution is 0.0694. The van der Waals surface area contributed by atoms with Crippen LogP contribution in [0.5, 0.6) is 0 Å². The first-order valence-electron chi connectivity index (χ1n) is 4.64. The molecule has 0 amide bonds. The number of carboxylic acids is 1. The minimum atomic E-state index is -3.19. The summed E-state index contributed by atoms with van der Waals surface area (Å²) in [4.78, 5) is 10.7. The summed E-state index contributed by atoms with van der Waals surface area (Å²) in [7, 11) is -3.19. The van der Waals surface area contributed by atoms with E-state index in [1.807, 2.05) is 0 Å². The van der Waals surface area contributed by atoms with Gasteiger partial charge in [0.2, 0.25) is 10.0 Å². The zero-order valence-corrected chi connectivity index (χ0v) is 9.58. The molecule has 0 aliphatic carbocycles. The van der Waals surface area contributed by atoms with Crippen molar-refractivity contribution >= 4 is 16.0 Å². The fourth-order valence-corrected chi connectivity index (χ4v) is 1.75. The van der Waals surface area contributed by atoms with E-state index in [0.29, 0.717) is 18.6 Å². The number of rotatable bonds is 6. The molecule has 0 atom stereocenters. The predicted octanol–water partition coefficient (Wildman–Crippen LogP) is 0.460. The Morgan fingerprint density at radius 2 is 2.25 bits per heavy atom. The van der Waals surface area contributed by atoms with E-state index in [-0.39, 0.29) is 12.1 Å². The fourth-order valence-electron chi connectivity index (χ4n) is 1.23. The average Bonchev–Trinajstić information content (AvgIpc) is 2.58. The highest BCUT2D eigenvalue weighted by Crippen LogP contribution is 2.12. The number of aryl methyl sites for hydroxylation is 1. The van der Waals surface area contributed by atoms with Gasteiger partial charge in [0, 0.05) is 13.0 Å². The second-order valence-electron chi connectivity index (χ2n) is 3.33. The summed E-state index contributed by atoms with van der Waals surface area (Å²) in [6, 6.07) is 1.38. The maximum absolute atomic E-state index is 10.7. The maximum atomic E-state index is 10.7. The van der Waals surface area contributed by atoms with Gasteiger partial charge in [-0.2, -0.15) is 0 Å². The molecule has 1 aromatic heterocycles. The standard InChI is InChI=1S/C9H13NO5S/c1-16(13,14)10-5-2-3-8-7(9(11)12)4-6-15-8/h4,6,10H,2-3,5H2,1H3,(H,11,12). The van der Waals surface area contributed by atoms with E-state index in [1.54, 1.807) is 0 Å². The van der Waals surface area contributed by atoms with Gasteiger partial charge in [-0.15, -0.1) is 0 Å². The summed E-state index contributed by atoms with van der Waals surface area (Å²) in [6.07, 6.45) is 3.25. The summed E-state index contributed by atoms with van der Waals surface area (Å²) in [5.74, 6) is -0.678. The smallest absolute Gasteiger partial charge is 0.339 e. The zero-order chi connectivity index (χ0) is 12.2. The number of hydrogen-bond acceptors (Lipinski definition) is 4. The van der Waals surface area contributed by atoms with Crippen LogP contribution in [0, 0.1) is 0 Å². The van der Waals surface area contributed by atoms with Crippen molar-refractivity contribution in [3.63, 3.8) is 0 Å². The van der Waals surface area contributed by atoms with Crippen molar-refractivity contribution in [3.05, 3.63) is 23.7 Å². The number of carbonyl (C=O) groups is 1. The first-order chi connectivity index (χ1) is 7.40. The second-order valence-corrected chi connectivity index (χ2v) is 5.17. The number of aromatic carboxylic acids is 1. The molecular weight excluding hydrogens is 234 g/mol. The van der Waals surface area contributed by atoms with Crippen LogP contribution in [0.15, 0.2) is 16.7 Å². The van der Waals surface area contributed by atoms with Crippen molar-refractivity contribution in [2.24, 2.45) is 0 Å². The van der Waals surface area contributed by atoms with E-state index in [4.69, 9.17) is 9.52 Å². The van der Waals surface area contributed by atoms with Crippen LogP contribution in [0.25, 0.3) is 0 Å². The highest BCUT2D eigenvalue weighted by atomic mass is 32.2. The molecule has 6 nitrogen and oxygen atoms in total. The number of nitrogens with one attached hydrogen (secondary N) is 1. The van der Waals surface area contributed by atoms with Crippen molar-refractivity contribution in [3.8, 4) is 0 Å². The van der Waals surface area contributed by atoms with Crippen LogP contribution in [0.3, 0.4) is 0 Å². The van der Waals surface area contributed by atoms with E-state index in [0.717, 1.165) is 6.26 Å². The van der Waals surface area contributed by atoms with E-state index < -0.39 is 16.0 Å². The molecule has 0 unspecified atom stereocenters. The third-order valence-corrected chi connectivity index (χ3v) is 2.65. The molecule has 0 fully saturated rings. The monoisotopic (exact) mass is 247 g/mol. The molecule has 90 valence electrons. The molecule has 1 rings (SSSR count). The molecule has 7 heteroatoms. The number of carboxylic acid groups (broad SMARTS) is 1. The average molecular weight is 247 g/mol. The van der Waals surface area contributed by atoms with Crippen LogP contribution in [0.4, 0.5) is 0 Å². The zero-order valence-electron chi connectivity index (χ0n) is 8.76. The highest BCUT2D eigenvalue weighted by molar-refractivity contribution is 7.88. The van der Waals surface area contributed by atoms with Crippen molar-refractivity contribution in [1.29, 1.82) is 0 Å². The van der Waals surface area contributed by atoms with Crippen LogP contribution in [0.1, 0.15) is 22.5 Å². The summed E-state index contributed by atoms with van der Waals surface area (Å²) >= 11 is 0. The number of hydrogen-bond donors (Lipinski definition) is 2. The van der Waals surface area contributed by atoms with Crippen LogP contribution in [-0.4, -0.2) is 32.3 Å². The van der Waals surface area contributed by atoms with Gasteiger partial charge in [0.25, 0.3) is 0 Å². The van der Waals surface area contributed by atoms with Crippen LogP contribution in [0.2, 0.25) is 0 Å². The second kappa shape index (κ2) is 5.13. The number of furan rings is 1. The SMILES string of the molecule is CS(=O)(=O)NCCCc1occc1C(=O)O. The van der Waals surface area contributed by atoms with E-state index >= 15 is 0 Å². The van der Waals surface area contributed by atoms with Crippen LogP contribution < -0.4 is 4.72 Å². The molecule has 0 aromatic carbocycles. The molecule has 0 aliphatic rings. The quantitative estimate of drug-likeness (QED) is 0.712. The lowest BCUT2D eigenvalue weighted by atomic mass is 10.2. The first kappa shape index (κ1) is 12.7. The lowest BCUT2D eigenvalue weighted by Crippen LogP contribution is -2.23. The largest absolute Gasteiger partial charge is 0.478 e. The molecule has 0 saturated carbocycles. The van der Waals surface area contributed by atoms with E-state index in [9.17, 15) is 13.2 Å². The molecule has 0 spiro atoms. The van der Waals surface area contributed by atoms with Gasteiger partial charge in [0.1, 0.15) is 11.3 Å². The summed E-state index contributed by atoms with van der Waals surface area (Å²) in [5.41, 5.74) is 0.124. The topological polar surface area (TPSA) is 96.6 Å². The fraction of sp³-hybridized carbons (Fsp3) is 0.444. The van der Waals surface area contributed by atoms with Gasteiger partial charge in [0.15, 0.2) is 0 Å². The predicted molar refractivity (Wildman–Crippen MR) is 56.8 cm³/mol. The first-order valence-corrected chi connectivity index (χ1v) is 6.53. The Balaban J connectivity index is 2.43. The molecule has 0 aliphatic heterocycles. The molecular formula is C9H13NO5S. The molecule has 1 aromatic rings. The third-order valence-electron chi connectivity index (χ3n) is 1.92. The maximum Gasteiger partial charge on any atom is 0.339 e. The van der Waals surface area contributed by atoms with Gasteiger partial charge in [-0.25, -0.2) is 17.9 Å². The Morgan fingerprint density at radius 1 is 1.56 bits per heavy atom. The van der Waals surface area contributed by atoms with Gasteiger partial charge >= 0.3 is 5.97 Å². The Morgan fingerprint density at radius 3 is 2.81 bits per heavy atom. The van der Waals surface area contributed by atoms with Crippen LogP contribution in [-0.2, 0) is 16.4 Å². The highest BCUT2D eigenvalue weighted by Gasteiger charge is 2.12. The van der Waals surface area contributed by atoms with Gasteiger partial charge in [-0.3, -0.25) is 0 Å². The van der Waals surface area contributed by atoms with Crippen molar-refractivity contribution in [2.75, 3.05) is 12.8 Å². The lowest BCUT2D eigenvalue weighted by Gasteiger charge is -2.01. The van der Waals surface area contributed by atoms with Crippen molar-refractivity contribution in [1.82, 2.24) is 4.72 Å². The minimum Gasteiger partial charge on any atom is -0.478 e. The Bertz CT molecular complexity index is 462. The molecule has 16 heavy (non-hydrogen) atoms. The molecule has 2 N–H and O–H groups in total. The van der Waals surface area contributed by atoms with E-state index in [1.165, 1.54) is 12.3 Å². The van der Waals surface area contributed by atoms with Crippen molar-refractivity contribution < 1.29 is 22.7 Å². The summed E-state index contributed by atoms with van der Waals surface area (Å²) < 4.78 is 28.8. The molecule has 0 saturated heterocycles. The Hall–Kier alpha value is -1.34. The number of sulfonamides is 1. The van der Waals surface area contributed by atoms with Gasteiger partial charge in [-0.05, 0) is 12.5 Å². The molecule has 0 bridgehead atoms. The van der Waals surface area contributed by atoms with Crippen LogP contribution >= 0.6 is 0 Å². The van der Waals surface area contributed by atoms with Gasteiger partial charge < -0.3 is 9.52 Å². The summed E-state index contributed by atoms with van der Waals surface area (Å²) in [5, 5.41) is 8.77. The Kier molecular flexibility index (Phi) is 4.08. The van der Waals surface area contributed by atoms with E-state index in [2.05, 4.69) is 4.72 Å².